The Morgan fingerprint density at radius 3 is 2.50 bits per heavy atom. The van der Waals surface area contributed by atoms with Gasteiger partial charge in [0.15, 0.2) is 12.6 Å². The van der Waals surface area contributed by atoms with Crippen LogP contribution < -0.4 is 20.1 Å². The second-order valence-electron chi connectivity index (χ2n) is 6.09. The Balaban J connectivity index is 0.00000450. The Bertz CT molecular complexity index is 786. The molecule has 0 aliphatic heterocycles. The highest BCUT2D eigenvalue weighted by Crippen LogP contribution is 2.20. The van der Waals surface area contributed by atoms with Crippen LogP contribution in [-0.4, -0.2) is 43.9 Å². The topological polar surface area (TPSA) is 67.8 Å². The molecular formula is C20H26F3IN4O2. The van der Waals surface area contributed by atoms with E-state index in [2.05, 4.69) is 20.6 Å². The van der Waals surface area contributed by atoms with Crippen LogP contribution in [0.4, 0.5) is 13.2 Å². The summed E-state index contributed by atoms with van der Waals surface area (Å²) in [5, 5.41) is 6.32. The third-order valence-electron chi connectivity index (χ3n) is 3.84. The molecule has 0 saturated carbocycles. The zero-order valence-electron chi connectivity index (χ0n) is 16.8. The number of aromatic nitrogens is 1. The van der Waals surface area contributed by atoms with Crippen molar-refractivity contribution in [2.75, 3.05) is 26.8 Å². The van der Waals surface area contributed by atoms with Gasteiger partial charge in [0, 0.05) is 24.8 Å². The molecule has 6 nitrogen and oxygen atoms in total. The number of methoxy groups -OCH3 is 1. The lowest BCUT2D eigenvalue weighted by Crippen LogP contribution is -2.38. The van der Waals surface area contributed by atoms with Crippen LogP contribution in [0.1, 0.15) is 18.1 Å². The Morgan fingerprint density at radius 1 is 1.13 bits per heavy atom. The fourth-order valence-corrected chi connectivity index (χ4v) is 2.45. The summed E-state index contributed by atoms with van der Waals surface area (Å²) in [4.78, 5) is 8.30. The van der Waals surface area contributed by atoms with Crippen LogP contribution >= 0.6 is 24.0 Å². The van der Waals surface area contributed by atoms with Crippen molar-refractivity contribution < 1.29 is 22.6 Å². The van der Waals surface area contributed by atoms with Crippen molar-refractivity contribution in [2.45, 2.75) is 26.1 Å². The molecule has 0 spiro atoms. The number of rotatable bonds is 9. The molecule has 0 amide bonds. The molecule has 0 radical (unpaired) electrons. The van der Waals surface area contributed by atoms with Gasteiger partial charge in [0.2, 0.25) is 5.88 Å². The molecule has 0 unspecified atom stereocenters. The predicted octanol–water partition coefficient (Wildman–Crippen LogP) is 3.95. The summed E-state index contributed by atoms with van der Waals surface area (Å²) in [5.74, 6) is 1.30. The fraction of sp³-hybridized carbons (Fsp3) is 0.400. The van der Waals surface area contributed by atoms with Crippen LogP contribution in [0.5, 0.6) is 11.6 Å². The lowest BCUT2D eigenvalue weighted by Gasteiger charge is -2.13. The minimum atomic E-state index is -4.42. The molecular weight excluding hydrogens is 512 g/mol. The van der Waals surface area contributed by atoms with E-state index >= 15 is 0 Å². The minimum absolute atomic E-state index is 0. The van der Waals surface area contributed by atoms with Gasteiger partial charge in [-0.1, -0.05) is 18.2 Å². The molecule has 30 heavy (non-hydrogen) atoms. The summed E-state index contributed by atoms with van der Waals surface area (Å²) in [6.07, 6.45) is -2.26. The monoisotopic (exact) mass is 538 g/mol. The average Bonchev–Trinajstić information content (AvgIpc) is 2.71. The smallest absolute Gasteiger partial charge is 0.422 e. The zero-order chi connectivity index (χ0) is 21.1. The maximum atomic E-state index is 12.4. The number of hydrogen-bond donors (Lipinski definition) is 2. The van der Waals surface area contributed by atoms with Crippen molar-refractivity contribution in [3.05, 3.63) is 53.7 Å². The van der Waals surface area contributed by atoms with E-state index in [0.29, 0.717) is 24.6 Å². The van der Waals surface area contributed by atoms with Crippen molar-refractivity contribution in [1.29, 1.82) is 0 Å². The number of hydrogen-bond acceptors (Lipinski definition) is 4. The third-order valence-corrected chi connectivity index (χ3v) is 3.84. The van der Waals surface area contributed by atoms with Crippen molar-refractivity contribution in [3.8, 4) is 11.6 Å². The molecule has 0 atom stereocenters. The van der Waals surface area contributed by atoms with E-state index in [9.17, 15) is 13.2 Å². The Kier molecular flexibility index (Phi) is 11.3. The van der Waals surface area contributed by atoms with Gasteiger partial charge >= 0.3 is 6.18 Å². The van der Waals surface area contributed by atoms with Crippen LogP contribution in [0, 0.1) is 0 Å². The highest BCUT2D eigenvalue weighted by molar-refractivity contribution is 14.0. The van der Waals surface area contributed by atoms with E-state index in [-0.39, 0.29) is 36.4 Å². The molecule has 1 heterocycles. The Labute approximate surface area is 191 Å². The van der Waals surface area contributed by atoms with Crippen molar-refractivity contribution in [2.24, 2.45) is 4.99 Å². The minimum Gasteiger partial charge on any atom is -0.497 e. The SMILES string of the molecule is CCNC(=NCc1cccnc1OCC(F)(F)F)NCCc1ccc(OC)cc1.I. The van der Waals surface area contributed by atoms with Crippen molar-refractivity contribution in [1.82, 2.24) is 15.6 Å². The summed E-state index contributed by atoms with van der Waals surface area (Å²) < 4.78 is 47.1. The maximum absolute atomic E-state index is 12.4. The van der Waals surface area contributed by atoms with Gasteiger partial charge < -0.3 is 20.1 Å². The number of aliphatic imine (C=N–C) groups is 1. The molecule has 0 fully saturated rings. The first-order chi connectivity index (χ1) is 13.9. The van der Waals surface area contributed by atoms with E-state index in [1.54, 1.807) is 19.2 Å². The van der Waals surface area contributed by atoms with Crippen molar-refractivity contribution in [3.63, 3.8) is 0 Å². The Hall–Kier alpha value is -2.24. The van der Waals surface area contributed by atoms with E-state index in [1.165, 1.54) is 6.20 Å². The number of nitrogens with zero attached hydrogens (tertiary/aromatic N) is 2. The van der Waals surface area contributed by atoms with E-state index < -0.39 is 12.8 Å². The lowest BCUT2D eigenvalue weighted by molar-refractivity contribution is -0.154. The number of alkyl halides is 3. The van der Waals surface area contributed by atoms with Gasteiger partial charge in [-0.3, -0.25) is 0 Å². The third kappa shape index (κ3) is 9.51. The van der Waals surface area contributed by atoms with E-state index in [0.717, 1.165) is 17.7 Å². The van der Waals surface area contributed by atoms with Gasteiger partial charge in [0.25, 0.3) is 0 Å². The molecule has 1 aromatic heterocycles. The largest absolute Gasteiger partial charge is 0.497 e. The first kappa shape index (κ1) is 25.8. The van der Waals surface area contributed by atoms with Gasteiger partial charge in [-0.05, 0) is 37.1 Å². The number of ether oxygens (including phenoxy) is 2. The van der Waals surface area contributed by atoms with Crippen molar-refractivity contribution >= 4 is 29.9 Å². The van der Waals surface area contributed by atoms with Gasteiger partial charge in [-0.25, -0.2) is 9.98 Å². The first-order valence-corrected chi connectivity index (χ1v) is 9.20. The molecule has 0 saturated heterocycles. The summed E-state index contributed by atoms with van der Waals surface area (Å²) in [5.41, 5.74) is 1.62. The van der Waals surface area contributed by atoms with Gasteiger partial charge in [-0.15, -0.1) is 24.0 Å². The number of nitrogens with one attached hydrogen (secondary N) is 2. The molecule has 166 valence electrons. The van der Waals surface area contributed by atoms with Crippen LogP contribution in [0.2, 0.25) is 0 Å². The molecule has 0 aliphatic rings. The van der Waals surface area contributed by atoms with E-state index in [4.69, 9.17) is 9.47 Å². The van der Waals surface area contributed by atoms with Crippen LogP contribution in [-0.2, 0) is 13.0 Å². The molecule has 2 N–H and O–H groups in total. The van der Waals surface area contributed by atoms with E-state index in [1.807, 2.05) is 31.2 Å². The standard InChI is InChI=1S/C20H25F3N4O2.HI/c1-3-24-19(26-12-10-15-6-8-17(28-2)9-7-15)27-13-16-5-4-11-25-18(16)29-14-20(21,22)23;/h4-9,11H,3,10,12-14H2,1-2H3,(H2,24,26,27);1H. The summed E-state index contributed by atoms with van der Waals surface area (Å²) in [6.45, 7) is 1.98. The second kappa shape index (κ2) is 13.1. The molecule has 2 aromatic rings. The molecule has 10 heteroatoms. The summed E-state index contributed by atoms with van der Waals surface area (Å²) >= 11 is 0. The van der Waals surface area contributed by atoms with Gasteiger partial charge in [0.1, 0.15) is 5.75 Å². The summed E-state index contributed by atoms with van der Waals surface area (Å²) in [7, 11) is 1.62. The highest BCUT2D eigenvalue weighted by atomic mass is 127. The highest BCUT2D eigenvalue weighted by Gasteiger charge is 2.29. The number of benzene rings is 1. The van der Waals surface area contributed by atoms with Crippen LogP contribution in [0.15, 0.2) is 47.6 Å². The normalized spacial score (nSPS) is 11.4. The summed E-state index contributed by atoms with van der Waals surface area (Å²) in [6, 6.07) is 11.1. The molecule has 1 aromatic carbocycles. The number of pyridine rings is 1. The molecule has 0 aliphatic carbocycles. The zero-order valence-corrected chi connectivity index (χ0v) is 19.2. The molecule has 0 bridgehead atoms. The fourth-order valence-electron chi connectivity index (χ4n) is 2.45. The molecule has 2 rings (SSSR count). The second-order valence-corrected chi connectivity index (χ2v) is 6.09. The number of halogens is 4. The van der Waals surface area contributed by atoms with Crippen LogP contribution in [0.3, 0.4) is 0 Å². The van der Waals surface area contributed by atoms with Gasteiger partial charge in [0.05, 0.1) is 13.7 Å². The quantitative estimate of drug-likeness (QED) is 0.288. The maximum Gasteiger partial charge on any atom is 0.422 e. The van der Waals surface area contributed by atoms with Crippen LogP contribution in [0.25, 0.3) is 0 Å². The Morgan fingerprint density at radius 2 is 1.87 bits per heavy atom. The number of guanidine groups is 1. The first-order valence-electron chi connectivity index (χ1n) is 9.20. The predicted molar refractivity (Wildman–Crippen MR) is 121 cm³/mol. The lowest BCUT2D eigenvalue weighted by atomic mass is 10.1. The average molecular weight is 538 g/mol. The van der Waals surface area contributed by atoms with Gasteiger partial charge in [-0.2, -0.15) is 13.2 Å².